The monoisotopic (exact) mass is 397 g/mol. The number of anilines is 3. The number of hydrogen-bond donors (Lipinski definition) is 2. The number of rotatable bonds is 6. The molecule has 1 aromatic heterocycles. The molecule has 0 spiro atoms. The highest BCUT2D eigenvalue weighted by Crippen LogP contribution is 2.31. The Morgan fingerprint density at radius 3 is 2.54 bits per heavy atom. The number of carbonyl (C=O) groups is 1. The molecule has 28 heavy (non-hydrogen) atoms. The van der Waals surface area contributed by atoms with Crippen LogP contribution < -0.4 is 20.1 Å². The number of hydrogen-bond acceptors (Lipinski definition) is 5. The van der Waals surface area contributed by atoms with Crippen molar-refractivity contribution in [2.24, 2.45) is 0 Å². The summed E-state index contributed by atoms with van der Waals surface area (Å²) in [4.78, 5) is 16.7. The van der Waals surface area contributed by atoms with Gasteiger partial charge in [0.15, 0.2) is 0 Å². The number of methoxy groups -OCH3 is 2. The van der Waals surface area contributed by atoms with Crippen LogP contribution in [-0.4, -0.2) is 25.1 Å². The Kier molecular flexibility index (Phi) is 6.01. The fourth-order valence-electron chi connectivity index (χ4n) is 2.57. The molecule has 0 bridgehead atoms. The first-order valence-corrected chi connectivity index (χ1v) is 8.90. The van der Waals surface area contributed by atoms with Gasteiger partial charge in [-0.15, -0.1) is 0 Å². The molecule has 0 unspecified atom stereocenters. The maximum Gasteiger partial charge on any atom is 0.274 e. The van der Waals surface area contributed by atoms with Crippen molar-refractivity contribution in [3.63, 3.8) is 0 Å². The predicted molar refractivity (Wildman–Crippen MR) is 111 cm³/mol. The average molecular weight is 398 g/mol. The summed E-state index contributed by atoms with van der Waals surface area (Å²) in [5.41, 5.74) is 3.22. The van der Waals surface area contributed by atoms with Crippen molar-refractivity contribution in [2.45, 2.75) is 6.92 Å². The minimum Gasteiger partial charge on any atom is -0.497 e. The fourth-order valence-corrected chi connectivity index (χ4v) is 2.75. The van der Waals surface area contributed by atoms with Crippen LogP contribution in [0.2, 0.25) is 5.02 Å². The lowest BCUT2D eigenvalue weighted by Gasteiger charge is -2.13. The summed E-state index contributed by atoms with van der Waals surface area (Å²) in [7, 11) is 3.18. The number of benzene rings is 2. The number of carbonyl (C=O) groups excluding carboxylic acids is 1. The molecule has 0 aliphatic rings. The largest absolute Gasteiger partial charge is 0.497 e. The van der Waals surface area contributed by atoms with E-state index in [-0.39, 0.29) is 11.6 Å². The lowest BCUT2D eigenvalue weighted by molar-refractivity contribution is 0.102. The van der Waals surface area contributed by atoms with Crippen LogP contribution in [0.3, 0.4) is 0 Å². The quantitative estimate of drug-likeness (QED) is 0.608. The van der Waals surface area contributed by atoms with Crippen molar-refractivity contribution in [3.05, 3.63) is 71.0 Å². The number of halogens is 1. The van der Waals surface area contributed by atoms with Crippen LogP contribution in [0.1, 0.15) is 16.1 Å². The van der Waals surface area contributed by atoms with Crippen LogP contribution in [0, 0.1) is 6.92 Å². The molecule has 0 saturated heterocycles. The molecule has 0 aliphatic heterocycles. The van der Waals surface area contributed by atoms with Gasteiger partial charge in [-0.25, -0.2) is 0 Å². The van der Waals surface area contributed by atoms with Crippen LogP contribution in [0.15, 0.2) is 54.7 Å². The normalized spacial score (nSPS) is 10.3. The third kappa shape index (κ3) is 4.53. The minimum atomic E-state index is -0.332. The highest BCUT2D eigenvalue weighted by molar-refractivity contribution is 6.31. The Labute approximate surface area is 168 Å². The SMILES string of the molecule is COc1ccc(OC)c(Nc2ccnc(C(=O)Nc3ccc(C)c(Cl)c3)c2)c1. The third-order valence-corrected chi connectivity index (χ3v) is 4.52. The summed E-state index contributed by atoms with van der Waals surface area (Å²) in [6, 6.07) is 14.2. The molecule has 1 amide bonds. The molecular weight excluding hydrogens is 378 g/mol. The third-order valence-electron chi connectivity index (χ3n) is 4.11. The van der Waals surface area contributed by atoms with Gasteiger partial charge >= 0.3 is 0 Å². The van der Waals surface area contributed by atoms with Gasteiger partial charge in [-0.2, -0.15) is 0 Å². The van der Waals surface area contributed by atoms with Crippen LogP contribution in [0.5, 0.6) is 11.5 Å². The van der Waals surface area contributed by atoms with E-state index >= 15 is 0 Å². The van der Waals surface area contributed by atoms with Crippen molar-refractivity contribution in [1.82, 2.24) is 4.98 Å². The standard InChI is InChI=1S/C21H20ClN3O3/c1-13-4-5-14(10-17(13)22)25-21(26)19-11-15(8-9-23-19)24-18-12-16(27-2)6-7-20(18)28-3/h4-12H,1-3H3,(H,23,24)(H,25,26). The van der Waals surface area contributed by atoms with Gasteiger partial charge < -0.3 is 20.1 Å². The van der Waals surface area contributed by atoms with Crippen LogP contribution in [0.25, 0.3) is 0 Å². The van der Waals surface area contributed by atoms with Crippen molar-refractivity contribution in [3.8, 4) is 11.5 Å². The topological polar surface area (TPSA) is 72.5 Å². The first-order chi connectivity index (χ1) is 13.5. The molecule has 0 aliphatic carbocycles. The van der Waals surface area contributed by atoms with Crippen LogP contribution in [-0.2, 0) is 0 Å². The molecule has 2 aromatic carbocycles. The van der Waals surface area contributed by atoms with Gasteiger partial charge in [0.1, 0.15) is 17.2 Å². The molecule has 6 nitrogen and oxygen atoms in total. The summed E-state index contributed by atoms with van der Waals surface area (Å²) < 4.78 is 10.6. The lowest BCUT2D eigenvalue weighted by Crippen LogP contribution is -2.14. The highest BCUT2D eigenvalue weighted by Gasteiger charge is 2.11. The molecule has 7 heteroatoms. The van der Waals surface area contributed by atoms with Crippen molar-refractivity contribution >= 4 is 34.6 Å². The summed E-state index contributed by atoms with van der Waals surface area (Å²) in [6.45, 7) is 1.90. The average Bonchev–Trinajstić information content (AvgIpc) is 2.71. The summed E-state index contributed by atoms with van der Waals surface area (Å²) in [6.07, 6.45) is 1.56. The van der Waals surface area contributed by atoms with Gasteiger partial charge in [0.05, 0.1) is 19.9 Å². The number of ether oxygens (including phenoxy) is 2. The van der Waals surface area contributed by atoms with Gasteiger partial charge in [0.2, 0.25) is 0 Å². The zero-order valence-corrected chi connectivity index (χ0v) is 16.5. The van der Waals surface area contributed by atoms with E-state index in [4.69, 9.17) is 21.1 Å². The molecule has 0 fully saturated rings. The van der Waals surface area contributed by atoms with Gasteiger partial charge in [-0.1, -0.05) is 17.7 Å². The van der Waals surface area contributed by atoms with Crippen molar-refractivity contribution in [2.75, 3.05) is 24.9 Å². The van der Waals surface area contributed by atoms with E-state index in [1.54, 1.807) is 50.7 Å². The molecule has 0 radical (unpaired) electrons. The maximum atomic E-state index is 12.5. The van der Waals surface area contributed by atoms with Gasteiger partial charge in [0, 0.05) is 28.7 Å². The number of nitrogens with one attached hydrogen (secondary N) is 2. The van der Waals surface area contributed by atoms with E-state index in [0.29, 0.717) is 33.6 Å². The molecule has 0 saturated carbocycles. The Bertz CT molecular complexity index is 1010. The minimum absolute atomic E-state index is 0.267. The number of nitrogens with zero attached hydrogens (tertiary/aromatic N) is 1. The van der Waals surface area contributed by atoms with E-state index < -0.39 is 0 Å². The Hall–Kier alpha value is -3.25. The van der Waals surface area contributed by atoms with Gasteiger partial charge in [-0.3, -0.25) is 9.78 Å². The zero-order valence-electron chi connectivity index (χ0n) is 15.7. The second-order valence-corrected chi connectivity index (χ2v) is 6.45. The van der Waals surface area contributed by atoms with Crippen LogP contribution >= 0.6 is 11.6 Å². The molecule has 144 valence electrons. The Morgan fingerprint density at radius 2 is 1.82 bits per heavy atom. The van der Waals surface area contributed by atoms with E-state index in [9.17, 15) is 4.79 Å². The van der Waals surface area contributed by atoms with Crippen molar-refractivity contribution < 1.29 is 14.3 Å². The van der Waals surface area contributed by atoms with E-state index in [1.807, 2.05) is 25.1 Å². The molecule has 3 rings (SSSR count). The van der Waals surface area contributed by atoms with Gasteiger partial charge in [0.25, 0.3) is 5.91 Å². The summed E-state index contributed by atoms with van der Waals surface area (Å²) >= 11 is 6.11. The second-order valence-electron chi connectivity index (χ2n) is 6.04. The van der Waals surface area contributed by atoms with Gasteiger partial charge in [-0.05, 0) is 48.9 Å². The molecule has 1 heterocycles. The Morgan fingerprint density at radius 1 is 1.00 bits per heavy atom. The highest BCUT2D eigenvalue weighted by atomic mass is 35.5. The predicted octanol–water partition coefficient (Wildman–Crippen LogP) is 5.06. The molecule has 3 aromatic rings. The Balaban J connectivity index is 1.80. The van der Waals surface area contributed by atoms with E-state index in [1.165, 1.54) is 0 Å². The maximum absolute atomic E-state index is 12.5. The van der Waals surface area contributed by atoms with E-state index in [2.05, 4.69) is 15.6 Å². The smallest absolute Gasteiger partial charge is 0.274 e. The van der Waals surface area contributed by atoms with E-state index in [0.717, 1.165) is 5.56 Å². The number of pyridine rings is 1. The molecule has 0 atom stereocenters. The molecule has 2 N–H and O–H groups in total. The van der Waals surface area contributed by atoms with Crippen LogP contribution in [0.4, 0.5) is 17.1 Å². The number of aromatic nitrogens is 1. The first kappa shape index (κ1) is 19.5. The summed E-state index contributed by atoms with van der Waals surface area (Å²) in [5.74, 6) is 1.01. The van der Waals surface area contributed by atoms with Crippen molar-refractivity contribution in [1.29, 1.82) is 0 Å². The summed E-state index contributed by atoms with van der Waals surface area (Å²) in [5, 5.41) is 6.62. The fraction of sp³-hybridized carbons (Fsp3) is 0.143. The zero-order chi connectivity index (χ0) is 20.1. The number of aryl methyl sites for hydroxylation is 1. The number of amides is 1. The lowest BCUT2D eigenvalue weighted by atomic mass is 10.2. The molecular formula is C21H20ClN3O3. The second kappa shape index (κ2) is 8.63. The first-order valence-electron chi connectivity index (χ1n) is 8.53.